The highest BCUT2D eigenvalue weighted by Gasteiger charge is 2.45. The Bertz CT molecular complexity index is 1390. The van der Waals surface area contributed by atoms with E-state index in [4.69, 9.17) is 0 Å². The van der Waals surface area contributed by atoms with Crippen LogP contribution in [0.2, 0.25) is 0 Å². The second-order valence-corrected chi connectivity index (χ2v) is 11.7. The van der Waals surface area contributed by atoms with Gasteiger partial charge in [0.15, 0.2) is 9.84 Å². The van der Waals surface area contributed by atoms with E-state index in [0.29, 0.717) is 22.3 Å². The molecule has 2 N–H and O–H groups in total. The van der Waals surface area contributed by atoms with E-state index in [1.165, 1.54) is 23.0 Å². The minimum Gasteiger partial charge on any atom is -0.435 e. The molecule has 1 fully saturated rings. The Morgan fingerprint density at radius 2 is 1.97 bits per heavy atom. The summed E-state index contributed by atoms with van der Waals surface area (Å²) in [4.78, 5) is 17.3. The molecule has 0 spiro atoms. The molecule has 0 unspecified atom stereocenters. The van der Waals surface area contributed by atoms with Crippen LogP contribution >= 0.6 is 0 Å². The van der Waals surface area contributed by atoms with Crippen LogP contribution in [0, 0.1) is 0 Å². The summed E-state index contributed by atoms with van der Waals surface area (Å²) in [5, 5.41) is 18.0. The van der Waals surface area contributed by atoms with E-state index in [0.717, 1.165) is 0 Å². The predicted octanol–water partition coefficient (Wildman–Crippen LogP) is 2.95. The van der Waals surface area contributed by atoms with E-state index in [2.05, 4.69) is 20.1 Å². The molecule has 12 heteroatoms. The lowest BCUT2D eigenvalue weighted by atomic mass is 10.0. The fraction of sp³-hybridized carbons (Fsp3) is 0.435. The van der Waals surface area contributed by atoms with Gasteiger partial charge in [0.05, 0.1) is 39.8 Å². The highest BCUT2D eigenvalue weighted by molar-refractivity contribution is 7.93. The Morgan fingerprint density at radius 3 is 2.57 bits per heavy atom. The molecule has 3 heterocycles. The van der Waals surface area contributed by atoms with E-state index in [-0.39, 0.29) is 22.8 Å². The average molecular weight is 509 g/mol. The van der Waals surface area contributed by atoms with Gasteiger partial charge in [-0.1, -0.05) is 12.1 Å². The van der Waals surface area contributed by atoms with E-state index >= 15 is 0 Å². The minimum absolute atomic E-state index is 0.0459. The normalized spacial score (nSPS) is 17.7. The number of nitrogens with one attached hydrogen (secondary N) is 1. The zero-order valence-electron chi connectivity index (χ0n) is 19.6. The number of aliphatic hydroxyl groups is 1. The second-order valence-electron chi connectivity index (χ2n) is 9.67. The third-order valence-corrected chi connectivity index (χ3v) is 8.18. The quantitative estimate of drug-likeness (QED) is 0.503. The van der Waals surface area contributed by atoms with Gasteiger partial charge in [0, 0.05) is 11.8 Å². The van der Waals surface area contributed by atoms with E-state index < -0.39 is 39.5 Å². The average Bonchev–Trinajstić information content (AvgIpc) is 3.09. The molecule has 35 heavy (non-hydrogen) atoms. The number of rotatable bonds is 7. The summed E-state index contributed by atoms with van der Waals surface area (Å²) in [5.74, 6) is -0.822. The summed E-state index contributed by atoms with van der Waals surface area (Å²) in [6, 6.07) is 7.03. The van der Waals surface area contributed by atoms with Crippen LogP contribution in [0.3, 0.4) is 0 Å². The van der Waals surface area contributed by atoms with Gasteiger partial charge in [-0.2, -0.15) is 13.9 Å². The lowest BCUT2D eigenvalue weighted by Gasteiger charge is -2.38. The Hall–Kier alpha value is -3.12. The number of alkyl halides is 2. The molecule has 3 aromatic rings. The molecule has 1 atom stereocenters. The van der Waals surface area contributed by atoms with Crippen LogP contribution in [0.4, 0.5) is 8.78 Å². The van der Waals surface area contributed by atoms with Crippen molar-refractivity contribution in [2.75, 3.05) is 11.5 Å². The fourth-order valence-electron chi connectivity index (χ4n) is 4.10. The molecule has 0 aliphatic carbocycles. The summed E-state index contributed by atoms with van der Waals surface area (Å²) in [7, 11) is -3.15. The van der Waals surface area contributed by atoms with Crippen molar-refractivity contribution in [3.8, 4) is 17.0 Å². The molecule has 1 aliphatic rings. The lowest BCUT2D eigenvalue weighted by molar-refractivity contribution is -0.0498. The van der Waals surface area contributed by atoms with Crippen molar-refractivity contribution in [3.05, 3.63) is 42.1 Å². The molecule has 1 aromatic carbocycles. The molecular weight excluding hydrogens is 482 g/mol. The number of hydrogen-bond donors (Lipinski definition) is 2. The number of amides is 1. The van der Waals surface area contributed by atoms with E-state index in [1.54, 1.807) is 45.9 Å². The van der Waals surface area contributed by atoms with Crippen LogP contribution in [0.1, 0.15) is 44.1 Å². The zero-order chi connectivity index (χ0) is 25.8. The molecule has 188 valence electrons. The fourth-order valence-corrected chi connectivity index (χ4v) is 6.10. The smallest absolute Gasteiger partial charge is 0.387 e. The minimum atomic E-state index is -3.15. The summed E-state index contributed by atoms with van der Waals surface area (Å²) in [5.41, 5.74) is -0.205. The summed E-state index contributed by atoms with van der Waals surface area (Å²) < 4.78 is 54.6. The standard InChI is InChI=1S/C23H26F2N4O5S/c1-13(22(2,3)31)29-17-9-15(20(30)27-23(4)11-35(32,33)12-23)10-26-19(17)18(28-29)14-6-5-7-16(8-14)34-21(24)25/h5-10,13,21,31H,11-12H2,1-4H3,(H,27,30)/t13-/m0/s1. The van der Waals surface area contributed by atoms with Gasteiger partial charge in [-0.25, -0.2) is 8.42 Å². The number of aromatic nitrogens is 3. The topological polar surface area (TPSA) is 123 Å². The number of hydrogen-bond acceptors (Lipinski definition) is 7. The Kier molecular flexibility index (Phi) is 6.08. The van der Waals surface area contributed by atoms with Crippen molar-refractivity contribution in [2.24, 2.45) is 0 Å². The molecule has 4 rings (SSSR count). The number of sulfone groups is 1. The van der Waals surface area contributed by atoms with Gasteiger partial charge in [0.25, 0.3) is 5.91 Å². The Labute approximate surface area is 201 Å². The van der Waals surface area contributed by atoms with Crippen molar-refractivity contribution in [1.82, 2.24) is 20.1 Å². The lowest BCUT2D eigenvalue weighted by Crippen LogP contribution is -2.63. The van der Waals surface area contributed by atoms with Crippen molar-refractivity contribution in [1.29, 1.82) is 0 Å². The van der Waals surface area contributed by atoms with Crippen molar-refractivity contribution in [2.45, 2.75) is 51.5 Å². The van der Waals surface area contributed by atoms with Gasteiger partial charge < -0.3 is 15.2 Å². The number of carbonyl (C=O) groups is 1. The molecular formula is C23H26F2N4O5S. The van der Waals surface area contributed by atoms with Gasteiger partial charge in [-0.05, 0) is 45.9 Å². The van der Waals surface area contributed by atoms with Gasteiger partial charge in [-0.3, -0.25) is 14.5 Å². The number of halogens is 2. The number of nitrogens with zero attached hydrogens (tertiary/aromatic N) is 3. The van der Waals surface area contributed by atoms with Crippen LogP contribution in [-0.4, -0.2) is 63.5 Å². The third kappa shape index (κ3) is 5.13. The Morgan fingerprint density at radius 1 is 1.29 bits per heavy atom. The van der Waals surface area contributed by atoms with Gasteiger partial charge in [-0.15, -0.1) is 0 Å². The van der Waals surface area contributed by atoms with Crippen molar-refractivity contribution >= 4 is 26.8 Å². The van der Waals surface area contributed by atoms with Crippen LogP contribution in [0.25, 0.3) is 22.3 Å². The molecule has 0 radical (unpaired) electrons. The highest BCUT2D eigenvalue weighted by atomic mass is 32.2. The second kappa shape index (κ2) is 8.52. The monoisotopic (exact) mass is 508 g/mol. The molecule has 0 saturated carbocycles. The molecule has 0 bridgehead atoms. The number of fused-ring (bicyclic) bond motifs is 1. The molecule has 1 saturated heterocycles. The first kappa shape index (κ1) is 25.0. The van der Waals surface area contributed by atoms with Gasteiger partial charge >= 0.3 is 6.61 Å². The third-order valence-electron chi connectivity index (χ3n) is 6.02. The number of pyridine rings is 1. The predicted molar refractivity (Wildman–Crippen MR) is 125 cm³/mol. The maximum atomic E-state index is 12.9. The van der Waals surface area contributed by atoms with Crippen LogP contribution in [0.15, 0.2) is 36.5 Å². The number of benzene rings is 1. The van der Waals surface area contributed by atoms with Crippen molar-refractivity contribution < 1.29 is 31.8 Å². The number of ether oxygens (including phenoxy) is 1. The van der Waals surface area contributed by atoms with Gasteiger partial charge in [0.2, 0.25) is 0 Å². The van der Waals surface area contributed by atoms with Crippen LogP contribution in [-0.2, 0) is 9.84 Å². The van der Waals surface area contributed by atoms with Crippen LogP contribution < -0.4 is 10.1 Å². The summed E-state index contributed by atoms with van der Waals surface area (Å²) >= 11 is 0. The largest absolute Gasteiger partial charge is 0.435 e. The maximum absolute atomic E-state index is 12.9. The maximum Gasteiger partial charge on any atom is 0.387 e. The summed E-state index contributed by atoms with van der Waals surface area (Å²) in [6.45, 7) is 3.65. The first-order valence-corrected chi connectivity index (χ1v) is 12.7. The van der Waals surface area contributed by atoms with E-state index in [9.17, 15) is 27.1 Å². The zero-order valence-corrected chi connectivity index (χ0v) is 20.4. The first-order valence-electron chi connectivity index (χ1n) is 10.9. The van der Waals surface area contributed by atoms with Crippen molar-refractivity contribution in [3.63, 3.8) is 0 Å². The molecule has 1 amide bonds. The molecule has 9 nitrogen and oxygen atoms in total. The van der Waals surface area contributed by atoms with Crippen LogP contribution in [0.5, 0.6) is 5.75 Å². The Balaban J connectivity index is 1.78. The highest BCUT2D eigenvalue weighted by Crippen LogP contribution is 2.34. The number of carbonyl (C=O) groups excluding carboxylic acids is 1. The SMILES string of the molecule is C[C@H](n1nc(-c2cccc(OC(F)F)c2)c2ncc(C(=O)NC3(C)CS(=O)(=O)C3)cc21)C(C)(C)O. The van der Waals surface area contributed by atoms with Gasteiger partial charge in [0.1, 0.15) is 17.0 Å². The first-order chi connectivity index (χ1) is 16.2. The van der Waals surface area contributed by atoms with E-state index in [1.807, 2.05) is 0 Å². The molecule has 1 aliphatic heterocycles. The molecule has 2 aromatic heterocycles. The summed E-state index contributed by atoms with van der Waals surface area (Å²) in [6.07, 6.45) is 1.35.